The summed E-state index contributed by atoms with van der Waals surface area (Å²) in [5.74, 6) is 7.30. The normalized spacial score (nSPS) is 22.5. The molecule has 8 aromatic heterocycles. The fourth-order valence-corrected chi connectivity index (χ4v) is 28.5. The molecular weight excluding hydrogens is 1510 g/mol. The highest BCUT2D eigenvalue weighted by Gasteiger charge is 2.63. The van der Waals surface area contributed by atoms with Crippen LogP contribution in [0.4, 0.5) is 0 Å². The lowest BCUT2D eigenvalue weighted by atomic mass is 9.43. The molecule has 32 rings (SSSR count). The predicted octanol–water partition coefficient (Wildman–Crippen LogP) is 28.4. The molecule has 0 atom stereocenters. The van der Waals surface area contributed by atoms with Gasteiger partial charge in [0.1, 0.15) is 22.3 Å². The van der Waals surface area contributed by atoms with E-state index in [9.17, 15) is 0 Å². The summed E-state index contributed by atoms with van der Waals surface area (Å²) in [6.45, 7) is 0. The highest BCUT2D eigenvalue weighted by atomic mass is 32.1. The maximum atomic E-state index is 6.08. The van der Waals surface area contributed by atoms with Gasteiger partial charge in [-0.2, -0.15) is 0 Å². The minimum absolute atomic E-state index is 0.134. The lowest BCUT2D eigenvalue weighted by Crippen LogP contribution is -2.55. The van der Waals surface area contributed by atoms with E-state index in [4.69, 9.17) is 14.4 Å². The minimum atomic E-state index is 0.134. The van der Waals surface area contributed by atoms with Crippen molar-refractivity contribution in [1.29, 1.82) is 0 Å². The molecule has 0 amide bonds. The summed E-state index contributed by atoms with van der Waals surface area (Å²) in [7, 11) is 0. The van der Waals surface area contributed by atoms with Crippen LogP contribution in [-0.2, 0) is 10.8 Å². The molecule has 0 N–H and O–H groups in total. The van der Waals surface area contributed by atoms with Crippen molar-refractivity contribution in [2.45, 2.75) is 75.0 Å². The van der Waals surface area contributed by atoms with Crippen LogP contribution in [0.3, 0.4) is 0 Å². The standard InChI is InChI=1S/C56H40N4O.C56H40N4S/c1-5-13-46-39(9-1)40-20-19-38(30-47(40)56(46)36-24-32-23-33(26-36)27-37(56)25-32)59-48-14-6-2-10-41(48)44-28-34(17-21-50(44)59)35-18-22-51-45(29-35)42-11-3-7-15-49(42)60(51)55-57-31-53-54(58-55)43-12-4-8-16-52(43)61-53;1-4-10-48-40(7-1)41-17-15-38(28-49(41)56(48)36-22-32-21-33(24-36)25-37(56)23-32)59-50-11-5-2-8-42(50)45-26-34(13-19-52(45)59)35-14-20-53-46(27-35)43-9-3-6-12-51(43)60(53)39-16-18-44-47-30-57-31-58-55(47)61-54(44)29-39/h1-22,28-33,36-37H,23-27H2;1-20,26-33,36-37H,21-25H2. The van der Waals surface area contributed by atoms with E-state index in [1.807, 2.05) is 24.4 Å². The van der Waals surface area contributed by atoms with Gasteiger partial charge in [0.05, 0.1) is 50.3 Å². The first-order chi connectivity index (χ1) is 60.4. The molecular formula is C112H80N8OS. The third-order valence-corrected chi connectivity index (χ3v) is 32.7. The Hall–Kier alpha value is -13.5. The van der Waals surface area contributed by atoms with Gasteiger partial charge < -0.3 is 18.1 Å². The van der Waals surface area contributed by atoms with Crippen LogP contribution >= 0.6 is 11.3 Å². The smallest absolute Gasteiger partial charge is 0.235 e. The maximum Gasteiger partial charge on any atom is 0.235 e. The van der Waals surface area contributed by atoms with Gasteiger partial charge in [0.2, 0.25) is 5.95 Å². The Morgan fingerprint density at radius 1 is 0.287 bits per heavy atom. The Morgan fingerprint density at radius 3 is 1.15 bits per heavy atom. The number of thiophene rings is 1. The predicted molar refractivity (Wildman–Crippen MR) is 499 cm³/mol. The average Bonchev–Trinajstić information content (AvgIpc) is 1.50. The Balaban J connectivity index is 0.000000123. The fraction of sp³-hybridized carbons (Fsp3) is 0.179. The van der Waals surface area contributed by atoms with Crippen LogP contribution in [0.1, 0.15) is 86.5 Å². The Morgan fingerprint density at radius 2 is 0.672 bits per heavy atom. The van der Waals surface area contributed by atoms with Crippen LogP contribution in [0.15, 0.2) is 320 Å². The second kappa shape index (κ2) is 24.6. The highest BCUT2D eigenvalue weighted by molar-refractivity contribution is 7.25. The van der Waals surface area contributed by atoms with E-state index in [0.29, 0.717) is 11.5 Å². The summed E-state index contributed by atoms with van der Waals surface area (Å²) >= 11 is 1.73. The number of benzene rings is 14. The van der Waals surface area contributed by atoms with Gasteiger partial charge in [0, 0.05) is 98.0 Å². The van der Waals surface area contributed by atoms with Gasteiger partial charge in [0.15, 0.2) is 5.58 Å². The van der Waals surface area contributed by atoms with Crippen molar-refractivity contribution in [3.05, 3.63) is 338 Å². The molecule has 8 bridgehead atoms. The van der Waals surface area contributed by atoms with E-state index >= 15 is 0 Å². The molecule has 0 radical (unpaired) electrons. The number of hydrogen-bond donors (Lipinski definition) is 0. The third kappa shape index (κ3) is 9.01. The van der Waals surface area contributed by atoms with Gasteiger partial charge >= 0.3 is 0 Å². The van der Waals surface area contributed by atoms with Gasteiger partial charge in [0.25, 0.3) is 0 Å². The summed E-state index contributed by atoms with van der Waals surface area (Å²) in [4.78, 5) is 19.8. The van der Waals surface area contributed by atoms with Crippen molar-refractivity contribution in [2.24, 2.45) is 47.3 Å². The monoisotopic (exact) mass is 1580 g/mol. The quantitative estimate of drug-likeness (QED) is 0.166. The van der Waals surface area contributed by atoms with E-state index in [1.54, 1.807) is 46.1 Å². The van der Waals surface area contributed by atoms with E-state index in [2.05, 4.69) is 307 Å². The highest BCUT2D eigenvalue weighted by Crippen LogP contribution is 2.72. The van der Waals surface area contributed by atoms with Gasteiger partial charge in [-0.3, -0.25) is 4.57 Å². The first-order valence-electron chi connectivity index (χ1n) is 44.3. The number of fused-ring (bicyclic) bond motifs is 24. The molecule has 0 aliphatic heterocycles. The molecule has 8 saturated carbocycles. The van der Waals surface area contributed by atoms with Crippen LogP contribution in [-0.4, -0.2) is 38.2 Å². The minimum Gasteiger partial charge on any atom is -0.453 e. The Kier molecular flexibility index (Phi) is 13.6. The van der Waals surface area contributed by atoms with Crippen molar-refractivity contribution in [2.75, 3.05) is 0 Å². The molecule has 22 aromatic rings. The molecule has 0 saturated heterocycles. The molecule has 10 heteroatoms. The summed E-state index contributed by atoms with van der Waals surface area (Å²) in [5, 5.41) is 13.3. The van der Waals surface area contributed by atoms with Crippen LogP contribution in [0.25, 0.3) is 197 Å². The van der Waals surface area contributed by atoms with Crippen LogP contribution in [0.5, 0.6) is 0 Å². The number of rotatable bonds is 6. The van der Waals surface area contributed by atoms with Gasteiger partial charge in [-0.25, -0.2) is 19.9 Å². The number of nitrogens with zero attached hydrogens (tertiary/aromatic N) is 8. The Labute approximate surface area is 706 Å². The van der Waals surface area contributed by atoms with E-state index in [0.717, 1.165) is 90.8 Å². The number of hydrogen-bond acceptors (Lipinski definition) is 6. The zero-order valence-corrected chi connectivity index (χ0v) is 67.9. The van der Waals surface area contributed by atoms with Crippen molar-refractivity contribution in [3.8, 4) is 67.5 Å². The zero-order chi connectivity index (χ0) is 79.1. The van der Waals surface area contributed by atoms with Gasteiger partial charge in [-0.1, -0.05) is 176 Å². The molecule has 122 heavy (non-hydrogen) atoms. The topological polar surface area (TPSA) is 84.4 Å². The first-order valence-corrected chi connectivity index (χ1v) is 45.1. The van der Waals surface area contributed by atoms with Crippen LogP contribution in [0, 0.1) is 47.3 Å². The molecule has 2 spiro atoms. The molecule has 0 unspecified atom stereocenters. The zero-order valence-electron chi connectivity index (χ0n) is 67.1. The molecule has 8 fully saturated rings. The van der Waals surface area contributed by atoms with Gasteiger partial charge in [-0.15, -0.1) is 11.3 Å². The number of para-hydroxylation sites is 5. The van der Waals surface area contributed by atoms with Gasteiger partial charge in [-0.05, 0) is 300 Å². The van der Waals surface area contributed by atoms with E-state index in [1.165, 1.54) is 206 Å². The second-order valence-corrected chi connectivity index (χ2v) is 38.3. The van der Waals surface area contributed by atoms with Crippen molar-refractivity contribution < 1.29 is 4.42 Å². The number of furan rings is 1. The van der Waals surface area contributed by atoms with E-state index in [-0.39, 0.29) is 10.8 Å². The molecule has 9 nitrogen and oxygen atoms in total. The van der Waals surface area contributed by atoms with Crippen molar-refractivity contribution >= 4 is 141 Å². The number of aromatic nitrogens is 8. The van der Waals surface area contributed by atoms with Crippen LogP contribution < -0.4 is 0 Å². The molecule has 8 heterocycles. The first kappa shape index (κ1) is 67.3. The van der Waals surface area contributed by atoms with E-state index < -0.39 is 0 Å². The molecule has 10 aliphatic rings. The molecule has 10 aliphatic carbocycles. The van der Waals surface area contributed by atoms with Crippen LogP contribution in [0.2, 0.25) is 0 Å². The Bertz CT molecular complexity index is 8300. The largest absolute Gasteiger partial charge is 0.453 e. The summed E-state index contributed by atoms with van der Waals surface area (Å²) in [6.07, 6.45) is 19.5. The van der Waals surface area contributed by atoms with Crippen molar-refractivity contribution in [3.63, 3.8) is 0 Å². The lowest BCUT2D eigenvalue weighted by Gasteiger charge is -2.61. The summed E-state index contributed by atoms with van der Waals surface area (Å²) < 4.78 is 17.0. The molecule has 580 valence electrons. The molecule has 14 aromatic carbocycles. The summed E-state index contributed by atoms with van der Waals surface area (Å²) in [6, 6.07) is 112. The summed E-state index contributed by atoms with van der Waals surface area (Å²) in [5.41, 5.74) is 33.1. The third-order valence-electron chi connectivity index (χ3n) is 31.6. The fourth-order valence-electron chi connectivity index (χ4n) is 27.5. The lowest BCUT2D eigenvalue weighted by molar-refractivity contribution is -0.0399. The van der Waals surface area contributed by atoms with Crippen molar-refractivity contribution in [1.82, 2.24) is 38.2 Å². The SMILES string of the molecule is c1ccc2c(c1)-c1ccc(-n3c4ccccc4c4cc(-c5ccc6c(c5)c5ccccc5n6-c5ccc6c(c5)sc5ncncc56)ccc43)cc1C21C2CC3CC(C2)CC1C3.c1ccc2c(c1)-c1ccc(-n3c4ccccc4c4cc(-c5ccc6c(c5)c5ccccc5n6-c5ncc6oc7ccccc7c6n5)ccc43)cc1C21C2CC3CC(C2)CC1C3. The second-order valence-electron chi connectivity index (χ2n) is 37.2. The maximum absolute atomic E-state index is 6.08. The average molecular weight is 1590 g/mol.